The molecule has 1 aliphatic rings. The molecule has 0 radical (unpaired) electrons. The molecule has 5 nitrogen and oxygen atoms in total. The van der Waals surface area contributed by atoms with E-state index in [2.05, 4.69) is 5.32 Å². The van der Waals surface area contributed by atoms with Gasteiger partial charge in [-0.1, -0.05) is 18.2 Å². The van der Waals surface area contributed by atoms with E-state index in [1.54, 1.807) is 21.3 Å². The molecule has 5 heteroatoms. The second-order valence-corrected chi connectivity index (χ2v) is 6.18. The van der Waals surface area contributed by atoms with Gasteiger partial charge in [0, 0.05) is 6.54 Å². The van der Waals surface area contributed by atoms with Crippen LogP contribution in [-0.2, 0) is 16.8 Å². The lowest BCUT2D eigenvalue weighted by atomic mass is 9.95. The molecular weight excluding hydrogens is 318 g/mol. The van der Waals surface area contributed by atoms with E-state index in [4.69, 9.17) is 14.2 Å². The average Bonchev–Trinajstić information content (AvgIpc) is 3.48. The SMILES string of the molecule is COc1ccc(C2(C(=O)NCc3ccc(OC)c(OC)c3)CC2)cc1. The third-order valence-corrected chi connectivity index (χ3v) is 4.73. The normalized spacial score (nSPS) is 14.5. The number of carbonyl (C=O) groups is 1. The van der Waals surface area contributed by atoms with Crippen molar-refractivity contribution in [3.63, 3.8) is 0 Å². The zero-order valence-corrected chi connectivity index (χ0v) is 14.8. The molecule has 1 amide bonds. The number of nitrogens with one attached hydrogen (secondary N) is 1. The summed E-state index contributed by atoms with van der Waals surface area (Å²) in [4.78, 5) is 12.7. The highest BCUT2D eigenvalue weighted by Gasteiger charge is 2.51. The summed E-state index contributed by atoms with van der Waals surface area (Å²) in [6.45, 7) is 0.455. The van der Waals surface area contributed by atoms with Gasteiger partial charge in [-0.25, -0.2) is 0 Å². The summed E-state index contributed by atoms with van der Waals surface area (Å²) >= 11 is 0. The second-order valence-electron chi connectivity index (χ2n) is 6.18. The van der Waals surface area contributed by atoms with E-state index in [0.717, 1.165) is 29.7 Å². The van der Waals surface area contributed by atoms with E-state index in [1.165, 1.54) is 0 Å². The Morgan fingerprint density at radius 3 is 2.20 bits per heavy atom. The first-order chi connectivity index (χ1) is 12.1. The predicted octanol–water partition coefficient (Wildman–Crippen LogP) is 3.06. The lowest BCUT2D eigenvalue weighted by Gasteiger charge is -2.17. The van der Waals surface area contributed by atoms with Gasteiger partial charge in [-0.2, -0.15) is 0 Å². The minimum absolute atomic E-state index is 0.0625. The van der Waals surface area contributed by atoms with Crippen LogP contribution in [0.1, 0.15) is 24.0 Å². The molecule has 132 valence electrons. The Labute approximate surface area is 147 Å². The first-order valence-electron chi connectivity index (χ1n) is 8.26. The van der Waals surface area contributed by atoms with Crippen LogP contribution in [0.3, 0.4) is 0 Å². The van der Waals surface area contributed by atoms with Gasteiger partial charge in [-0.05, 0) is 48.2 Å². The van der Waals surface area contributed by atoms with Crippen LogP contribution in [-0.4, -0.2) is 27.2 Å². The molecule has 0 unspecified atom stereocenters. The van der Waals surface area contributed by atoms with E-state index >= 15 is 0 Å². The highest BCUT2D eigenvalue weighted by Crippen LogP contribution is 2.48. The highest BCUT2D eigenvalue weighted by atomic mass is 16.5. The fraction of sp³-hybridized carbons (Fsp3) is 0.350. The maximum atomic E-state index is 12.7. The van der Waals surface area contributed by atoms with Crippen LogP contribution in [0.5, 0.6) is 17.2 Å². The number of hydrogen-bond donors (Lipinski definition) is 1. The molecular formula is C20H23NO4. The Balaban J connectivity index is 1.68. The highest BCUT2D eigenvalue weighted by molar-refractivity contribution is 5.91. The minimum Gasteiger partial charge on any atom is -0.497 e. The number of amides is 1. The summed E-state index contributed by atoms with van der Waals surface area (Å²) in [6, 6.07) is 13.4. The topological polar surface area (TPSA) is 56.8 Å². The van der Waals surface area contributed by atoms with Crippen molar-refractivity contribution in [2.75, 3.05) is 21.3 Å². The van der Waals surface area contributed by atoms with Crippen LogP contribution >= 0.6 is 0 Å². The van der Waals surface area contributed by atoms with Crippen molar-refractivity contribution in [2.24, 2.45) is 0 Å². The molecule has 1 fully saturated rings. The first-order valence-corrected chi connectivity index (χ1v) is 8.26. The summed E-state index contributed by atoms with van der Waals surface area (Å²) in [7, 11) is 4.84. The summed E-state index contributed by atoms with van der Waals surface area (Å²) in [5, 5.41) is 3.05. The molecule has 1 saturated carbocycles. The molecule has 0 atom stereocenters. The van der Waals surface area contributed by atoms with Crippen molar-refractivity contribution in [2.45, 2.75) is 24.8 Å². The van der Waals surface area contributed by atoms with Crippen molar-refractivity contribution in [1.29, 1.82) is 0 Å². The molecule has 3 rings (SSSR count). The van der Waals surface area contributed by atoms with Crippen LogP contribution in [0.4, 0.5) is 0 Å². The van der Waals surface area contributed by atoms with Crippen molar-refractivity contribution in [3.05, 3.63) is 53.6 Å². The average molecular weight is 341 g/mol. The zero-order chi connectivity index (χ0) is 17.9. The van der Waals surface area contributed by atoms with E-state index < -0.39 is 5.41 Å². The summed E-state index contributed by atoms with van der Waals surface area (Å²) in [6.07, 6.45) is 1.74. The molecule has 1 aliphatic carbocycles. The van der Waals surface area contributed by atoms with E-state index in [1.807, 2.05) is 42.5 Å². The number of carbonyl (C=O) groups excluding carboxylic acids is 1. The van der Waals surface area contributed by atoms with Gasteiger partial charge < -0.3 is 19.5 Å². The summed E-state index contributed by atoms with van der Waals surface area (Å²) < 4.78 is 15.7. The minimum atomic E-state index is -0.400. The maximum Gasteiger partial charge on any atom is 0.230 e. The molecule has 0 heterocycles. The van der Waals surface area contributed by atoms with Crippen LogP contribution < -0.4 is 19.5 Å². The number of benzene rings is 2. The lowest BCUT2D eigenvalue weighted by Crippen LogP contribution is -2.34. The molecule has 0 bridgehead atoms. The van der Waals surface area contributed by atoms with E-state index in [9.17, 15) is 4.79 Å². The number of ether oxygens (including phenoxy) is 3. The molecule has 0 spiro atoms. The lowest BCUT2D eigenvalue weighted by molar-refractivity contribution is -0.123. The Kier molecular flexibility index (Phi) is 4.83. The maximum absolute atomic E-state index is 12.7. The molecule has 25 heavy (non-hydrogen) atoms. The molecule has 0 aromatic heterocycles. The number of hydrogen-bond acceptors (Lipinski definition) is 4. The van der Waals surface area contributed by atoms with Crippen molar-refractivity contribution in [3.8, 4) is 17.2 Å². The molecule has 1 N–H and O–H groups in total. The van der Waals surface area contributed by atoms with Gasteiger partial charge in [-0.3, -0.25) is 4.79 Å². The van der Waals surface area contributed by atoms with Crippen LogP contribution in [0.25, 0.3) is 0 Å². The van der Waals surface area contributed by atoms with Gasteiger partial charge >= 0.3 is 0 Å². The standard InChI is InChI=1S/C20H23NO4/c1-23-16-7-5-15(6-8-16)20(10-11-20)19(22)21-13-14-4-9-17(24-2)18(12-14)25-3/h4-9,12H,10-11,13H2,1-3H3,(H,21,22). The third kappa shape index (κ3) is 3.40. The van der Waals surface area contributed by atoms with E-state index in [0.29, 0.717) is 18.0 Å². The van der Waals surface area contributed by atoms with Crippen molar-refractivity contribution >= 4 is 5.91 Å². The van der Waals surface area contributed by atoms with E-state index in [-0.39, 0.29) is 5.91 Å². The van der Waals surface area contributed by atoms with Gasteiger partial charge in [0.2, 0.25) is 5.91 Å². The largest absolute Gasteiger partial charge is 0.497 e. The third-order valence-electron chi connectivity index (χ3n) is 4.73. The molecule has 2 aromatic rings. The van der Waals surface area contributed by atoms with Gasteiger partial charge in [0.15, 0.2) is 11.5 Å². The van der Waals surface area contributed by atoms with Gasteiger partial charge in [0.05, 0.1) is 26.7 Å². The Morgan fingerprint density at radius 1 is 0.960 bits per heavy atom. The zero-order valence-electron chi connectivity index (χ0n) is 14.8. The number of rotatable bonds is 7. The second kappa shape index (κ2) is 7.05. The predicted molar refractivity (Wildman–Crippen MR) is 95.3 cm³/mol. The molecule has 2 aromatic carbocycles. The fourth-order valence-electron chi connectivity index (χ4n) is 3.02. The molecule has 0 saturated heterocycles. The Bertz CT molecular complexity index is 751. The summed E-state index contributed by atoms with van der Waals surface area (Å²) in [5.41, 5.74) is 1.61. The fourth-order valence-corrected chi connectivity index (χ4v) is 3.02. The quantitative estimate of drug-likeness (QED) is 0.841. The van der Waals surface area contributed by atoms with Gasteiger partial charge in [-0.15, -0.1) is 0 Å². The van der Waals surface area contributed by atoms with Crippen molar-refractivity contribution in [1.82, 2.24) is 5.32 Å². The van der Waals surface area contributed by atoms with Crippen LogP contribution in [0, 0.1) is 0 Å². The first kappa shape index (κ1) is 17.1. The molecule has 0 aliphatic heterocycles. The smallest absolute Gasteiger partial charge is 0.230 e. The Hall–Kier alpha value is -2.69. The van der Waals surface area contributed by atoms with Gasteiger partial charge in [0.1, 0.15) is 5.75 Å². The van der Waals surface area contributed by atoms with Crippen molar-refractivity contribution < 1.29 is 19.0 Å². The Morgan fingerprint density at radius 2 is 1.64 bits per heavy atom. The van der Waals surface area contributed by atoms with Gasteiger partial charge in [0.25, 0.3) is 0 Å². The van der Waals surface area contributed by atoms with Crippen LogP contribution in [0.15, 0.2) is 42.5 Å². The summed E-state index contributed by atoms with van der Waals surface area (Å²) in [5.74, 6) is 2.19. The van der Waals surface area contributed by atoms with Crippen LogP contribution in [0.2, 0.25) is 0 Å². The number of methoxy groups -OCH3 is 3. The monoisotopic (exact) mass is 341 g/mol.